The summed E-state index contributed by atoms with van der Waals surface area (Å²) < 4.78 is 3.41. The molecule has 124 valence electrons. The summed E-state index contributed by atoms with van der Waals surface area (Å²) in [7, 11) is 0. The molecule has 0 aliphatic rings. The molecule has 3 rings (SSSR count). The molecule has 5 nitrogen and oxygen atoms in total. The van der Waals surface area contributed by atoms with Crippen LogP contribution in [0.1, 0.15) is 18.9 Å². The van der Waals surface area contributed by atoms with Crippen LogP contribution in [0.2, 0.25) is 0 Å². The van der Waals surface area contributed by atoms with Crippen molar-refractivity contribution in [2.45, 2.75) is 33.0 Å². The van der Waals surface area contributed by atoms with E-state index in [2.05, 4.69) is 5.32 Å². The molecule has 1 N–H and O–H groups in total. The molecule has 0 saturated heterocycles. The number of carbonyl (C=O) groups excluding carboxylic acids is 1. The first-order valence-electron chi connectivity index (χ1n) is 8.19. The van der Waals surface area contributed by atoms with Crippen LogP contribution in [0.25, 0.3) is 11.0 Å². The Bertz CT molecular complexity index is 894. The second-order valence-corrected chi connectivity index (χ2v) is 5.68. The van der Waals surface area contributed by atoms with Gasteiger partial charge in [0, 0.05) is 26.1 Å². The number of para-hydroxylation sites is 2. The van der Waals surface area contributed by atoms with E-state index in [-0.39, 0.29) is 18.0 Å². The zero-order valence-corrected chi connectivity index (χ0v) is 13.7. The second-order valence-electron chi connectivity index (χ2n) is 5.68. The molecule has 1 aromatic heterocycles. The van der Waals surface area contributed by atoms with Gasteiger partial charge in [0.2, 0.25) is 5.91 Å². The van der Waals surface area contributed by atoms with Crippen molar-refractivity contribution < 1.29 is 4.79 Å². The number of hydrogen-bond acceptors (Lipinski definition) is 2. The highest BCUT2D eigenvalue weighted by molar-refractivity contribution is 5.78. The number of aryl methyl sites for hydroxylation is 2. The Labute approximate surface area is 140 Å². The van der Waals surface area contributed by atoms with Crippen molar-refractivity contribution in [2.24, 2.45) is 0 Å². The summed E-state index contributed by atoms with van der Waals surface area (Å²) >= 11 is 0. The molecule has 0 fully saturated rings. The lowest BCUT2D eigenvalue weighted by Gasteiger charge is -2.06. The van der Waals surface area contributed by atoms with E-state index in [1.165, 1.54) is 0 Å². The molecule has 0 radical (unpaired) electrons. The summed E-state index contributed by atoms with van der Waals surface area (Å²) in [4.78, 5) is 24.6. The smallest absolute Gasteiger partial charge is 0.329 e. The van der Waals surface area contributed by atoms with E-state index < -0.39 is 0 Å². The number of amides is 1. The summed E-state index contributed by atoms with van der Waals surface area (Å²) in [5.41, 5.74) is 2.79. The van der Waals surface area contributed by atoms with Gasteiger partial charge in [0.05, 0.1) is 11.0 Å². The zero-order valence-electron chi connectivity index (χ0n) is 13.7. The van der Waals surface area contributed by atoms with Gasteiger partial charge in [-0.1, -0.05) is 42.5 Å². The maximum Gasteiger partial charge on any atom is 0.329 e. The number of hydrogen-bond donors (Lipinski definition) is 1. The minimum absolute atomic E-state index is 0.0564. The van der Waals surface area contributed by atoms with Gasteiger partial charge < -0.3 is 5.32 Å². The van der Waals surface area contributed by atoms with Crippen LogP contribution in [-0.2, 0) is 24.4 Å². The van der Waals surface area contributed by atoms with Gasteiger partial charge in [-0.05, 0) is 24.6 Å². The number of benzene rings is 2. The normalized spacial score (nSPS) is 10.9. The number of rotatable bonds is 6. The maximum atomic E-state index is 12.5. The fourth-order valence-corrected chi connectivity index (χ4v) is 2.89. The van der Waals surface area contributed by atoms with Crippen molar-refractivity contribution in [3.05, 3.63) is 70.6 Å². The SMILES string of the molecule is CCn1c(=O)n(CCC(=O)NCc2ccccc2)c2ccccc21. The quantitative estimate of drug-likeness (QED) is 0.758. The molecule has 0 aliphatic heterocycles. The number of aromatic nitrogens is 2. The van der Waals surface area contributed by atoms with Crippen LogP contribution in [0.5, 0.6) is 0 Å². The van der Waals surface area contributed by atoms with Gasteiger partial charge in [0.1, 0.15) is 0 Å². The zero-order chi connectivity index (χ0) is 16.9. The molecule has 5 heteroatoms. The highest BCUT2D eigenvalue weighted by Gasteiger charge is 2.12. The summed E-state index contributed by atoms with van der Waals surface area (Å²) in [5, 5.41) is 2.90. The van der Waals surface area contributed by atoms with E-state index in [0.29, 0.717) is 19.6 Å². The highest BCUT2D eigenvalue weighted by atomic mass is 16.2. The van der Waals surface area contributed by atoms with Crippen LogP contribution < -0.4 is 11.0 Å². The first-order valence-corrected chi connectivity index (χ1v) is 8.19. The molecule has 0 spiro atoms. The molecular weight excluding hydrogens is 302 g/mol. The summed E-state index contributed by atoms with van der Waals surface area (Å²) in [6.07, 6.45) is 0.282. The lowest BCUT2D eigenvalue weighted by atomic mass is 10.2. The Morgan fingerprint density at radius 2 is 1.58 bits per heavy atom. The first kappa shape index (κ1) is 16.1. The molecular formula is C19H21N3O2. The Morgan fingerprint density at radius 1 is 0.958 bits per heavy atom. The number of carbonyl (C=O) groups is 1. The van der Waals surface area contributed by atoms with Crippen molar-refractivity contribution in [2.75, 3.05) is 0 Å². The molecule has 1 heterocycles. The Kier molecular flexibility index (Phi) is 4.79. The van der Waals surface area contributed by atoms with Crippen molar-refractivity contribution in [3.63, 3.8) is 0 Å². The number of nitrogens with one attached hydrogen (secondary N) is 1. The Hall–Kier alpha value is -2.82. The maximum absolute atomic E-state index is 12.5. The fraction of sp³-hybridized carbons (Fsp3) is 0.263. The van der Waals surface area contributed by atoms with E-state index in [9.17, 15) is 9.59 Å². The highest BCUT2D eigenvalue weighted by Crippen LogP contribution is 2.13. The molecule has 2 aromatic carbocycles. The molecule has 24 heavy (non-hydrogen) atoms. The first-order chi connectivity index (χ1) is 11.7. The predicted molar refractivity (Wildman–Crippen MR) is 94.8 cm³/mol. The van der Waals surface area contributed by atoms with Gasteiger partial charge in [-0.3, -0.25) is 13.9 Å². The van der Waals surface area contributed by atoms with Crippen LogP contribution >= 0.6 is 0 Å². The fourth-order valence-electron chi connectivity index (χ4n) is 2.89. The largest absolute Gasteiger partial charge is 0.352 e. The van der Waals surface area contributed by atoms with Gasteiger partial charge in [-0.15, -0.1) is 0 Å². The molecule has 0 bridgehead atoms. The van der Waals surface area contributed by atoms with Gasteiger partial charge in [0.15, 0.2) is 0 Å². The molecule has 3 aromatic rings. The Balaban J connectivity index is 1.68. The van der Waals surface area contributed by atoms with Crippen LogP contribution in [-0.4, -0.2) is 15.0 Å². The predicted octanol–water partition coefficient (Wildman–Crippen LogP) is 2.53. The molecule has 0 atom stereocenters. The topological polar surface area (TPSA) is 56.0 Å². The average molecular weight is 323 g/mol. The third-order valence-corrected chi connectivity index (χ3v) is 4.14. The van der Waals surface area contributed by atoms with E-state index in [4.69, 9.17) is 0 Å². The van der Waals surface area contributed by atoms with Gasteiger partial charge in [-0.25, -0.2) is 4.79 Å². The third kappa shape index (κ3) is 3.25. The van der Waals surface area contributed by atoms with Crippen molar-refractivity contribution in [3.8, 4) is 0 Å². The minimum Gasteiger partial charge on any atom is -0.352 e. The van der Waals surface area contributed by atoms with Crippen molar-refractivity contribution in [1.29, 1.82) is 0 Å². The molecule has 0 unspecified atom stereocenters. The summed E-state index contributed by atoms with van der Waals surface area (Å²) in [6, 6.07) is 17.5. The third-order valence-electron chi connectivity index (χ3n) is 4.14. The van der Waals surface area contributed by atoms with Gasteiger partial charge in [-0.2, -0.15) is 0 Å². The van der Waals surface area contributed by atoms with Crippen LogP contribution in [0.3, 0.4) is 0 Å². The lowest BCUT2D eigenvalue weighted by Crippen LogP contribution is -2.28. The molecule has 0 aliphatic carbocycles. The Morgan fingerprint density at radius 3 is 2.25 bits per heavy atom. The van der Waals surface area contributed by atoms with Gasteiger partial charge in [0.25, 0.3) is 0 Å². The van der Waals surface area contributed by atoms with E-state index in [1.807, 2.05) is 61.5 Å². The van der Waals surface area contributed by atoms with E-state index >= 15 is 0 Å². The minimum atomic E-state index is -0.0606. The monoisotopic (exact) mass is 323 g/mol. The van der Waals surface area contributed by atoms with E-state index in [1.54, 1.807) is 9.13 Å². The number of nitrogens with zero attached hydrogens (tertiary/aromatic N) is 2. The summed E-state index contributed by atoms with van der Waals surface area (Å²) in [5.74, 6) is -0.0564. The second kappa shape index (κ2) is 7.17. The van der Waals surface area contributed by atoms with Gasteiger partial charge >= 0.3 is 5.69 Å². The number of imidazole rings is 1. The standard InChI is InChI=1S/C19H21N3O2/c1-2-21-16-10-6-7-11-17(16)22(19(21)24)13-12-18(23)20-14-15-8-4-3-5-9-15/h3-11H,2,12-14H2,1H3,(H,20,23). The average Bonchev–Trinajstić information content (AvgIpc) is 2.90. The van der Waals surface area contributed by atoms with Crippen LogP contribution in [0.4, 0.5) is 0 Å². The van der Waals surface area contributed by atoms with Crippen LogP contribution in [0, 0.1) is 0 Å². The van der Waals surface area contributed by atoms with Crippen LogP contribution in [0.15, 0.2) is 59.4 Å². The molecule has 1 amide bonds. The number of fused-ring (bicyclic) bond motifs is 1. The summed E-state index contributed by atoms with van der Waals surface area (Å²) in [6.45, 7) is 3.45. The van der Waals surface area contributed by atoms with Crippen molar-refractivity contribution in [1.82, 2.24) is 14.5 Å². The van der Waals surface area contributed by atoms with Crippen molar-refractivity contribution >= 4 is 16.9 Å². The van der Waals surface area contributed by atoms with E-state index in [0.717, 1.165) is 16.6 Å². The molecule has 0 saturated carbocycles. The lowest BCUT2D eigenvalue weighted by molar-refractivity contribution is -0.121.